The molecule has 0 aliphatic heterocycles. The Morgan fingerprint density at radius 2 is 1.68 bits per heavy atom. The highest BCUT2D eigenvalue weighted by Crippen LogP contribution is 2.38. The van der Waals surface area contributed by atoms with Gasteiger partial charge in [-0.3, -0.25) is 4.79 Å². The van der Waals surface area contributed by atoms with E-state index in [1.807, 2.05) is 58.6 Å². The molecular weight excluding hydrogens is 523 g/mol. The van der Waals surface area contributed by atoms with Crippen LogP contribution < -0.4 is 5.32 Å². The van der Waals surface area contributed by atoms with Crippen molar-refractivity contribution >= 4 is 41.4 Å². The molecule has 0 atom stereocenters. The van der Waals surface area contributed by atoms with Gasteiger partial charge in [0.1, 0.15) is 25.8 Å². The Bertz CT molecular complexity index is 1400. The van der Waals surface area contributed by atoms with Crippen LogP contribution >= 0.6 is 0 Å². The lowest BCUT2D eigenvalue weighted by molar-refractivity contribution is -0.173. The van der Waals surface area contributed by atoms with Crippen molar-refractivity contribution < 1.29 is 32.3 Å². The van der Waals surface area contributed by atoms with Gasteiger partial charge in [0.15, 0.2) is 0 Å². The topological polar surface area (TPSA) is 101 Å². The molecular formula is C30H36F3N3O4. The summed E-state index contributed by atoms with van der Waals surface area (Å²) in [5, 5.41) is 4.61. The molecule has 7 nitrogen and oxygen atoms in total. The summed E-state index contributed by atoms with van der Waals surface area (Å²) in [6.45, 7) is 12.5. The largest absolute Gasteiger partial charge is 0.411 e. The summed E-state index contributed by atoms with van der Waals surface area (Å²) in [5.74, 6) is -0.373. The Hall–Kier alpha value is -4.05. The molecule has 0 aliphatic rings. The van der Waals surface area contributed by atoms with Gasteiger partial charge in [0, 0.05) is 29.1 Å². The van der Waals surface area contributed by atoms with E-state index >= 15 is 0 Å². The minimum atomic E-state index is -4.39. The van der Waals surface area contributed by atoms with Crippen LogP contribution in [0, 0.1) is 20.8 Å². The van der Waals surface area contributed by atoms with Crippen molar-refractivity contribution in [1.29, 1.82) is 0 Å². The third-order valence-electron chi connectivity index (χ3n) is 5.50. The SMILES string of the molecule is C=O.C=O.CCC.Cc1cccc(-c2cc(C(=O)NCCOCC(F)(F)F)c(C)c3[nH]c4ncc(C)cc4c23)c1. The number of hydrogen-bond donors (Lipinski definition) is 2. The Balaban J connectivity index is 0.00000105. The number of fused-ring (bicyclic) bond motifs is 3. The molecule has 216 valence electrons. The molecule has 2 aromatic carbocycles. The number of halogens is 3. The fourth-order valence-electron chi connectivity index (χ4n) is 3.99. The fraction of sp³-hybridized carbons (Fsp3) is 0.333. The number of alkyl halides is 3. The van der Waals surface area contributed by atoms with Gasteiger partial charge in [-0.1, -0.05) is 50.1 Å². The first-order valence-corrected chi connectivity index (χ1v) is 12.5. The molecule has 40 heavy (non-hydrogen) atoms. The zero-order chi connectivity index (χ0) is 30.5. The number of benzene rings is 2. The Labute approximate surface area is 232 Å². The number of carbonyl (C=O) groups excluding carboxylic acids is 3. The number of H-pyrrole nitrogens is 1. The van der Waals surface area contributed by atoms with Crippen LogP contribution in [0.1, 0.15) is 47.3 Å². The Morgan fingerprint density at radius 1 is 1.02 bits per heavy atom. The third kappa shape index (κ3) is 9.01. The fourth-order valence-corrected chi connectivity index (χ4v) is 3.99. The lowest BCUT2D eigenvalue weighted by atomic mass is 9.93. The van der Waals surface area contributed by atoms with Gasteiger partial charge in [-0.15, -0.1) is 0 Å². The van der Waals surface area contributed by atoms with Gasteiger partial charge in [-0.25, -0.2) is 4.98 Å². The van der Waals surface area contributed by atoms with Crippen LogP contribution in [0.5, 0.6) is 0 Å². The molecule has 2 N–H and O–H groups in total. The number of amides is 1. The van der Waals surface area contributed by atoms with Crippen LogP contribution in [0.3, 0.4) is 0 Å². The molecule has 0 aliphatic carbocycles. The molecule has 0 saturated carbocycles. The first-order chi connectivity index (χ1) is 19.1. The van der Waals surface area contributed by atoms with Crippen molar-refractivity contribution in [3.05, 3.63) is 64.8 Å². The minimum absolute atomic E-state index is 0.0282. The molecule has 0 saturated heterocycles. The zero-order valence-corrected chi connectivity index (χ0v) is 23.5. The van der Waals surface area contributed by atoms with E-state index in [4.69, 9.17) is 9.59 Å². The smallest absolute Gasteiger partial charge is 0.370 e. The summed E-state index contributed by atoms with van der Waals surface area (Å²) >= 11 is 0. The van der Waals surface area contributed by atoms with E-state index in [2.05, 4.69) is 46.0 Å². The van der Waals surface area contributed by atoms with Crippen molar-refractivity contribution in [3.8, 4) is 11.1 Å². The number of pyridine rings is 1. The van der Waals surface area contributed by atoms with Gasteiger partial charge >= 0.3 is 6.18 Å². The van der Waals surface area contributed by atoms with Gasteiger partial charge in [-0.2, -0.15) is 13.2 Å². The van der Waals surface area contributed by atoms with Crippen LogP contribution in [0.25, 0.3) is 33.1 Å². The lowest BCUT2D eigenvalue weighted by Crippen LogP contribution is -2.29. The molecule has 0 spiro atoms. The second kappa shape index (κ2) is 16.1. The van der Waals surface area contributed by atoms with Crippen molar-refractivity contribution in [1.82, 2.24) is 15.3 Å². The summed E-state index contributed by atoms with van der Waals surface area (Å²) in [6, 6.07) is 11.9. The van der Waals surface area contributed by atoms with E-state index in [1.165, 1.54) is 6.42 Å². The van der Waals surface area contributed by atoms with E-state index in [0.717, 1.165) is 49.8 Å². The Kier molecular flexibility index (Phi) is 13.7. The lowest BCUT2D eigenvalue weighted by Gasteiger charge is -2.14. The van der Waals surface area contributed by atoms with Gasteiger partial charge < -0.3 is 24.6 Å². The summed E-state index contributed by atoms with van der Waals surface area (Å²) in [4.78, 5) is 36.8. The average molecular weight is 560 g/mol. The van der Waals surface area contributed by atoms with E-state index in [9.17, 15) is 18.0 Å². The highest BCUT2D eigenvalue weighted by Gasteiger charge is 2.27. The van der Waals surface area contributed by atoms with Crippen LogP contribution in [0.15, 0.2) is 42.6 Å². The van der Waals surface area contributed by atoms with Crippen molar-refractivity contribution in [2.45, 2.75) is 47.2 Å². The molecule has 0 fully saturated rings. The summed E-state index contributed by atoms with van der Waals surface area (Å²) in [6.07, 6.45) is -1.36. The maximum absolute atomic E-state index is 13.0. The van der Waals surface area contributed by atoms with E-state index in [0.29, 0.717) is 5.56 Å². The molecule has 0 bridgehead atoms. The highest BCUT2D eigenvalue weighted by molar-refractivity contribution is 6.17. The molecule has 2 heterocycles. The number of hydrogen-bond acceptors (Lipinski definition) is 5. The predicted octanol–water partition coefficient (Wildman–Crippen LogP) is 6.66. The molecule has 1 amide bonds. The zero-order valence-electron chi connectivity index (χ0n) is 23.5. The van der Waals surface area contributed by atoms with Crippen LogP contribution in [-0.4, -0.2) is 55.4 Å². The van der Waals surface area contributed by atoms with E-state index in [-0.39, 0.29) is 19.1 Å². The van der Waals surface area contributed by atoms with Gasteiger partial charge in [0.25, 0.3) is 5.91 Å². The van der Waals surface area contributed by atoms with E-state index in [1.54, 1.807) is 6.20 Å². The number of carbonyl (C=O) groups is 3. The number of rotatable bonds is 6. The normalized spacial score (nSPS) is 10.5. The van der Waals surface area contributed by atoms with Crippen LogP contribution in [0.2, 0.25) is 0 Å². The van der Waals surface area contributed by atoms with E-state index < -0.39 is 12.8 Å². The average Bonchev–Trinajstić information content (AvgIpc) is 3.30. The quantitative estimate of drug-likeness (QED) is 0.257. The first-order valence-electron chi connectivity index (χ1n) is 12.5. The minimum Gasteiger partial charge on any atom is -0.370 e. The summed E-state index contributed by atoms with van der Waals surface area (Å²) in [7, 11) is 0. The van der Waals surface area contributed by atoms with Crippen molar-refractivity contribution in [2.75, 3.05) is 19.8 Å². The second-order valence-corrected chi connectivity index (χ2v) is 8.88. The van der Waals surface area contributed by atoms with Gasteiger partial charge in [0.05, 0.1) is 12.1 Å². The maximum Gasteiger partial charge on any atom is 0.411 e. The maximum atomic E-state index is 13.0. The van der Waals surface area contributed by atoms with Crippen molar-refractivity contribution in [2.24, 2.45) is 0 Å². The predicted molar refractivity (Wildman–Crippen MR) is 153 cm³/mol. The number of ether oxygens (including phenoxy) is 1. The first kappa shape index (κ1) is 34.0. The molecule has 2 aromatic heterocycles. The molecule has 0 unspecified atom stereocenters. The molecule has 4 rings (SSSR count). The summed E-state index contributed by atoms with van der Waals surface area (Å²) in [5.41, 5.74) is 6.68. The number of aryl methyl sites for hydroxylation is 3. The monoisotopic (exact) mass is 559 g/mol. The number of aromatic amines is 1. The third-order valence-corrected chi connectivity index (χ3v) is 5.50. The summed E-state index contributed by atoms with van der Waals surface area (Å²) < 4.78 is 41.3. The molecule has 4 aromatic rings. The standard InChI is InChI=1S/C25H24F3N3O2.C3H8.2CH2O/c1-14-5-4-6-17(9-14)19-11-18(24(32)29-7-8-33-13-25(26,27)28)16(3)22-21(19)20-10-15(2)12-30-23(20)31-22;1-3-2;2*1-2/h4-6,9-12H,7-8,13H2,1-3H3,(H,29,32)(H,30,31);3H2,1-2H3;2*1H2. The van der Waals surface area contributed by atoms with Crippen molar-refractivity contribution in [3.63, 3.8) is 0 Å². The van der Waals surface area contributed by atoms with Gasteiger partial charge in [0.2, 0.25) is 0 Å². The molecule has 10 heteroatoms. The highest BCUT2D eigenvalue weighted by atomic mass is 19.4. The molecule has 0 radical (unpaired) electrons. The second-order valence-electron chi connectivity index (χ2n) is 8.88. The number of aromatic nitrogens is 2. The number of nitrogens with zero attached hydrogens (tertiary/aromatic N) is 1. The van der Waals surface area contributed by atoms with Gasteiger partial charge in [-0.05, 0) is 55.2 Å². The van der Waals surface area contributed by atoms with Crippen LogP contribution in [-0.2, 0) is 14.3 Å². The Morgan fingerprint density at radius 3 is 2.27 bits per heavy atom. The number of nitrogens with one attached hydrogen (secondary N) is 2. The van der Waals surface area contributed by atoms with Crippen LogP contribution in [0.4, 0.5) is 13.2 Å².